The number of Topliss-reactive ketones (excluding diaryl/α,β-unsaturated/α-hetero) is 1. The Balaban J connectivity index is 2.22. The Bertz CT molecular complexity index is 593. The fourth-order valence-corrected chi connectivity index (χ4v) is 2.02. The van der Waals surface area contributed by atoms with E-state index >= 15 is 0 Å². The highest BCUT2D eigenvalue weighted by Crippen LogP contribution is 2.18. The average molecular weight is 263 g/mol. The second-order valence-electron chi connectivity index (χ2n) is 4.16. The number of hydrogen-bond acceptors (Lipinski definition) is 1. The van der Waals surface area contributed by atoms with Crippen LogP contribution in [0.1, 0.15) is 21.5 Å². The highest BCUT2D eigenvalue weighted by atomic mass is 35.5. The molecule has 0 unspecified atom stereocenters. The smallest absolute Gasteiger partial charge is 0.167 e. The summed E-state index contributed by atoms with van der Waals surface area (Å²) in [6, 6.07) is 11.8. The van der Waals surface area contributed by atoms with E-state index in [1.54, 1.807) is 12.1 Å². The lowest BCUT2D eigenvalue weighted by molar-refractivity contribution is 0.0992. The van der Waals surface area contributed by atoms with Gasteiger partial charge in [-0.2, -0.15) is 0 Å². The lowest BCUT2D eigenvalue weighted by Gasteiger charge is -2.05. The van der Waals surface area contributed by atoms with Crippen molar-refractivity contribution in [1.82, 2.24) is 0 Å². The van der Waals surface area contributed by atoms with Crippen molar-refractivity contribution in [3.63, 3.8) is 0 Å². The third-order valence-corrected chi connectivity index (χ3v) is 3.08. The molecule has 2 aromatic rings. The van der Waals surface area contributed by atoms with Crippen LogP contribution in [-0.4, -0.2) is 5.78 Å². The second-order valence-corrected chi connectivity index (χ2v) is 4.57. The van der Waals surface area contributed by atoms with E-state index in [0.717, 1.165) is 11.1 Å². The molecule has 0 spiro atoms. The molecule has 0 aromatic heterocycles. The van der Waals surface area contributed by atoms with Gasteiger partial charge in [0.1, 0.15) is 5.82 Å². The Hall–Kier alpha value is -1.67. The molecule has 92 valence electrons. The molecule has 0 amide bonds. The maximum Gasteiger partial charge on any atom is 0.167 e. The van der Waals surface area contributed by atoms with E-state index in [2.05, 4.69) is 0 Å². The van der Waals surface area contributed by atoms with E-state index in [-0.39, 0.29) is 17.2 Å². The van der Waals surface area contributed by atoms with Gasteiger partial charge in [0, 0.05) is 12.0 Å². The van der Waals surface area contributed by atoms with Crippen molar-refractivity contribution in [3.8, 4) is 0 Å². The van der Waals surface area contributed by atoms with Crippen LogP contribution in [0.15, 0.2) is 42.5 Å². The zero-order valence-electron chi connectivity index (χ0n) is 9.91. The van der Waals surface area contributed by atoms with Gasteiger partial charge in [-0.1, -0.05) is 41.9 Å². The molecule has 0 saturated carbocycles. The molecule has 2 rings (SSSR count). The summed E-state index contributed by atoms with van der Waals surface area (Å²) in [5.41, 5.74) is 2.35. The molecule has 1 nitrogen and oxygen atoms in total. The molecule has 18 heavy (non-hydrogen) atoms. The molecule has 2 aromatic carbocycles. The number of halogens is 2. The minimum Gasteiger partial charge on any atom is -0.294 e. The number of aryl methyl sites for hydroxylation is 1. The van der Waals surface area contributed by atoms with Crippen LogP contribution in [0.25, 0.3) is 0 Å². The van der Waals surface area contributed by atoms with Crippen LogP contribution in [0.3, 0.4) is 0 Å². The van der Waals surface area contributed by atoms with Gasteiger partial charge in [0.15, 0.2) is 5.78 Å². The van der Waals surface area contributed by atoms with Crippen LogP contribution in [0, 0.1) is 12.7 Å². The zero-order valence-corrected chi connectivity index (χ0v) is 10.7. The minimum atomic E-state index is -0.469. The van der Waals surface area contributed by atoms with Gasteiger partial charge in [0.25, 0.3) is 0 Å². The lowest BCUT2D eigenvalue weighted by Crippen LogP contribution is -2.05. The number of rotatable bonds is 3. The van der Waals surface area contributed by atoms with Crippen molar-refractivity contribution >= 4 is 17.4 Å². The molecular formula is C15H12ClFO. The molecule has 0 aliphatic rings. The quantitative estimate of drug-likeness (QED) is 0.757. The number of benzene rings is 2. The third kappa shape index (κ3) is 2.77. The van der Waals surface area contributed by atoms with E-state index < -0.39 is 5.82 Å². The summed E-state index contributed by atoms with van der Waals surface area (Å²) >= 11 is 5.69. The summed E-state index contributed by atoms with van der Waals surface area (Å²) in [7, 11) is 0. The Morgan fingerprint density at radius 1 is 1.22 bits per heavy atom. The maximum absolute atomic E-state index is 13.0. The summed E-state index contributed by atoms with van der Waals surface area (Å²) in [6.07, 6.45) is 0.227. The number of carbonyl (C=O) groups is 1. The van der Waals surface area contributed by atoms with E-state index in [1.165, 1.54) is 12.1 Å². The van der Waals surface area contributed by atoms with Gasteiger partial charge in [-0.3, -0.25) is 4.79 Å². The SMILES string of the molecule is Cc1ccccc1C(=O)Cc1ccc(F)c(Cl)c1. The van der Waals surface area contributed by atoms with Crippen molar-refractivity contribution in [3.05, 3.63) is 70.0 Å². The van der Waals surface area contributed by atoms with Gasteiger partial charge < -0.3 is 0 Å². The van der Waals surface area contributed by atoms with Crippen LogP contribution >= 0.6 is 11.6 Å². The van der Waals surface area contributed by atoms with Crippen LogP contribution in [0.5, 0.6) is 0 Å². The molecule has 0 radical (unpaired) electrons. The van der Waals surface area contributed by atoms with Crippen LogP contribution in [0.4, 0.5) is 4.39 Å². The monoisotopic (exact) mass is 262 g/mol. The van der Waals surface area contributed by atoms with E-state index in [4.69, 9.17) is 11.6 Å². The van der Waals surface area contributed by atoms with Gasteiger partial charge in [-0.05, 0) is 30.2 Å². The lowest BCUT2D eigenvalue weighted by atomic mass is 9.99. The Kier molecular flexibility index (Phi) is 3.78. The van der Waals surface area contributed by atoms with E-state index in [1.807, 2.05) is 25.1 Å². The van der Waals surface area contributed by atoms with E-state index in [9.17, 15) is 9.18 Å². The van der Waals surface area contributed by atoms with Gasteiger partial charge in [0.2, 0.25) is 0 Å². The maximum atomic E-state index is 13.0. The van der Waals surface area contributed by atoms with Gasteiger partial charge in [-0.25, -0.2) is 4.39 Å². The van der Waals surface area contributed by atoms with Gasteiger partial charge in [-0.15, -0.1) is 0 Å². The predicted molar refractivity (Wildman–Crippen MR) is 70.6 cm³/mol. The summed E-state index contributed by atoms with van der Waals surface area (Å²) in [5, 5.41) is 0.0464. The number of hydrogen-bond donors (Lipinski definition) is 0. The molecule has 0 heterocycles. The van der Waals surface area contributed by atoms with Crippen LogP contribution < -0.4 is 0 Å². The van der Waals surface area contributed by atoms with Crippen molar-refractivity contribution < 1.29 is 9.18 Å². The molecule has 0 fully saturated rings. The fraction of sp³-hybridized carbons (Fsp3) is 0.133. The molecule has 3 heteroatoms. The average Bonchev–Trinajstić information content (AvgIpc) is 2.34. The molecule has 0 aliphatic heterocycles. The summed E-state index contributed by atoms with van der Waals surface area (Å²) in [4.78, 5) is 12.1. The topological polar surface area (TPSA) is 17.1 Å². The summed E-state index contributed by atoms with van der Waals surface area (Å²) in [5.74, 6) is -0.459. The Labute approximate surface area is 110 Å². The highest BCUT2D eigenvalue weighted by molar-refractivity contribution is 6.30. The van der Waals surface area contributed by atoms with E-state index in [0.29, 0.717) is 5.56 Å². The van der Waals surface area contributed by atoms with Crippen molar-refractivity contribution in [2.75, 3.05) is 0 Å². The molecule has 0 saturated heterocycles. The number of carbonyl (C=O) groups excluding carboxylic acids is 1. The van der Waals surface area contributed by atoms with Crippen LogP contribution in [0.2, 0.25) is 5.02 Å². The molecule has 0 N–H and O–H groups in total. The van der Waals surface area contributed by atoms with Crippen LogP contribution in [-0.2, 0) is 6.42 Å². The Morgan fingerprint density at radius 2 is 1.94 bits per heavy atom. The molecule has 0 bridgehead atoms. The molecular weight excluding hydrogens is 251 g/mol. The standard InChI is InChI=1S/C15H12ClFO/c1-10-4-2-3-5-12(10)15(18)9-11-6-7-14(17)13(16)8-11/h2-8H,9H2,1H3. The Morgan fingerprint density at radius 3 is 2.61 bits per heavy atom. The minimum absolute atomic E-state index is 0.00998. The first-order chi connectivity index (χ1) is 8.58. The molecule has 0 atom stereocenters. The fourth-order valence-electron chi connectivity index (χ4n) is 1.82. The third-order valence-electron chi connectivity index (χ3n) is 2.79. The zero-order chi connectivity index (χ0) is 13.1. The largest absolute Gasteiger partial charge is 0.294 e. The predicted octanol–water partition coefficient (Wildman–Crippen LogP) is 4.21. The molecule has 0 aliphatic carbocycles. The first-order valence-electron chi connectivity index (χ1n) is 5.60. The first kappa shape index (κ1) is 12.8. The van der Waals surface area contributed by atoms with Crippen molar-refractivity contribution in [2.45, 2.75) is 13.3 Å². The normalized spacial score (nSPS) is 10.4. The highest BCUT2D eigenvalue weighted by Gasteiger charge is 2.10. The van der Waals surface area contributed by atoms with Gasteiger partial charge >= 0.3 is 0 Å². The summed E-state index contributed by atoms with van der Waals surface area (Å²) < 4.78 is 13.0. The van der Waals surface area contributed by atoms with Gasteiger partial charge in [0.05, 0.1) is 5.02 Å². The van der Waals surface area contributed by atoms with Crippen molar-refractivity contribution in [2.24, 2.45) is 0 Å². The second kappa shape index (κ2) is 5.32. The summed E-state index contributed by atoms with van der Waals surface area (Å²) in [6.45, 7) is 1.89. The first-order valence-corrected chi connectivity index (χ1v) is 5.98. The number of ketones is 1. The van der Waals surface area contributed by atoms with Crippen molar-refractivity contribution in [1.29, 1.82) is 0 Å².